The second-order valence-corrected chi connectivity index (χ2v) is 5.09. The molecule has 3 unspecified atom stereocenters. The first kappa shape index (κ1) is 15.3. The van der Waals surface area contributed by atoms with E-state index in [4.69, 9.17) is 20.1 Å². The molecule has 1 aromatic rings. The molecule has 0 aliphatic carbocycles. The lowest BCUT2D eigenvalue weighted by Gasteiger charge is -2.25. The summed E-state index contributed by atoms with van der Waals surface area (Å²) in [5.41, 5.74) is 3.91. The summed E-state index contributed by atoms with van der Waals surface area (Å²) < 4.78 is 16.7. The predicted octanol–water partition coefficient (Wildman–Crippen LogP) is 1.78. The van der Waals surface area contributed by atoms with Gasteiger partial charge in [0.2, 0.25) is 0 Å². The van der Waals surface area contributed by atoms with Gasteiger partial charge in [0.05, 0.1) is 24.9 Å². The van der Waals surface area contributed by atoms with Crippen molar-refractivity contribution < 1.29 is 14.2 Å². The smallest absolute Gasteiger partial charge is 0.124 e. The number of methoxy groups -OCH3 is 1. The first-order chi connectivity index (χ1) is 9.76. The average Bonchev–Trinajstić information content (AvgIpc) is 2.88. The van der Waals surface area contributed by atoms with Gasteiger partial charge in [0.25, 0.3) is 0 Å². The first-order valence-electron chi connectivity index (χ1n) is 7.08. The van der Waals surface area contributed by atoms with E-state index >= 15 is 0 Å². The van der Waals surface area contributed by atoms with Gasteiger partial charge >= 0.3 is 0 Å². The SMILES string of the molecule is COCCOc1ccccc1C(NN)C1CCC(C)O1. The summed E-state index contributed by atoms with van der Waals surface area (Å²) in [5, 5.41) is 0. The fourth-order valence-electron chi connectivity index (χ4n) is 2.58. The summed E-state index contributed by atoms with van der Waals surface area (Å²) in [5.74, 6) is 6.57. The van der Waals surface area contributed by atoms with Crippen molar-refractivity contribution in [1.29, 1.82) is 0 Å². The third-order valence-corrected chi connectivity index (χ3v) is 3.62. The summed E-state index contributed by atoms with van der Waals surface area (Å²) in [4.78, 5) is 0. The highest BCUT2D eigenvalue weighted by molar-refractivity contribution is 5.36. The van der Waals surface area contributed by atoms with Crippen LogP contribution >= 0.6 is 0 Å². The first-order valence-corrected chi connectivity index (χ1v) is 7.08. The van der Waals surface area contributed by atoms with Crippen LogP contribution in [0.25, 0.3) is 0 Å². The van der Waals surface area contributed by atoms with Gasteiger partial charge in [-0.2, -0.15) is 0 Å². The minimum Gasteiger partial charge on any atom is -0.491 e. The second kappa shape index (κ2) is 7.59. The van der Waals surface area contributed by atoms with Crippen LogP contribution < -0.4 is 16.0 Å². The highest BCUT2D eigenvalue weighted by Gasteiger charge is 2.31. The zero-order valence-corrected chi connectivity index (χ0v) is 12.2. The molecule has 1 heterocycles. The van der Waals surface area contributed by atoms with Crippen molar-refractivity contribution in [2.24, 2.45) is 5.84 Å². The number of nitrogens with one attached hydrogen (secondary N) is 1. The standard InChI is InChI=1S/C15H24N2O3/c1-11-7-8-14(20-11)15(17-16)12-5-3-4-6-13(12)19-10-9-18-2/h3-6,11,14-15,17H,7-10,16H2,1-2H3. The Hall–Kier alpha value is -1.14. The van der Waals surface area contributed by atoms with E-state index in [1.807, 2.05) is 24.3 Å². The lowest BCUT2D eigenvalue weighted by Crippen LogP contribution is -2.37. The van der Waals surface area contributed by atoms with Gasteiger partial charge in [0.15, 0.2) is 0 Å². The molecular weight excluding hydrogens is 256 g/mol. The Morgan fingerprint density at radius 2 is 2.15 bits per heavy atom. The van der Waals surface area contributed by atoms with Crippen LogP contribution in [0.15, 0.2) is 24.3 Å². The molecule has 0 saturated carbocycles. The van der Waals surface area contributed by atoms with Crippen LogP contribution in [0.3, 0.4) is 0 Å². The molecule has 20 heavy (non-hydrogen) atoms. The molecule has 0 aromatic heterocycles. The summed E-state index contributed by atoms with van der Waals surface area (Å²) in [6.45, 7) is 3.17. The quantitative estimate of drug-likeness (QED) is 0.453. The summed E-state index contributed by atoms with van der Waals surface area (Å²) in [6.07, 6.45) is 2.44. The van der Waals surface area contributed by atoms with Crippen molar-refractivity contribution in [3.63, 3.8) is 0 Å². The number of para-hydroxylation sites is 1. The van der Waals surface area contributed by atoms with Crippen molar-refractivity contribution in [2.75, 3.05) is 20.3 Å². The average molecular weight is 280 g/mol. The highest BCUT2D eigenvalue weighted by atomic mass is 16.5. The van der Waals surface area contributed by atoms with Gasteiger partial charge in [-0.3, -0.25) is 11.3 Å². The Balaban J connectivity index is 2.12. The van der Waals surface area contributed by atoms with E-state index in [0.717, 1.165) is 24.2 Å². The maximum Gasteiger partial charge on any atom is 0.124 e. The van der Waals surface area contributed by atoms with Crippen molar-refractivity contribution in [1.82, 2.24) is 5.43 Å². The number of benzene rings is 1. The van der Waals surface area contributed by atoms with E-state index in [0.29, 0.717) is 13.2 Å². The lowest BCUT2D eigenvalue weighted by atomic mass is 9.99. The van der Waals surface area contributed by atoms with Crippen LogP contribution in [0, 0.1) is 0 Å². The molecule has 0 bridgehead atoms. The number of hydrogen-bond acceptors (Lipinski definition) is 5. The third kappa shape index (κ3) is 3.70. The van der Waals surface area contributed by atoms with Crippen molar-refractivity contribution in [3.8, 4) is 5.75 Å². The topological polar surface area (TPSA) is 65.7 Å². The molecule has 1 aromatic carbocycles. The maximum atomic E-state index is 5.93. The summed E-state index contributed by atoms with van der Waals surface area (Å²) in [6, 6.07) is 7.87. The Labute approximate surface area is 120 Å². The van der Waals surface area contributed by atoms with Gasteiger partial charge in [0, 0.05) is 12.7 Å². The van der Waals surface area contributed by atoms with E-state index in [1.54, 1.807) is 7.11 Å². The van der Waals surface area contributed by atoms with Crippen LogP contribution in [0.1, 0.15) is 31.4 Å². The maximum absolute atomic E-state index is 5.93. The monoisotopic (exact) mass is 280 g/mol. The molecule has 1 aliphatic rings. The Bertz CT molecular complexity index is 414. The minimum atomic E-state index is -0.0568. The highest BCUT2D eigenvalue weighted by Crippen LogP contribution is 2.34. The normalized spacial score (nSPS) is 23.8. The fourth-order valence-corrected chi connectivity index (χ4v) is 2.58. The molecule has 5 nitrogen and oxygen atoms in total. The van der Waals surface area contributed by atoms with Gasteiger partial charge in [-0.15, -0.1) is 0 Å². The van der Waals surface area contributed by atoms with Gasteiger partial charge in [-0.25, -0.2) is 0 Å². The van der Waals surface area contributed by atoms with Crippen molar-refractivity contribution in [3.05, 3.63) is 29.8 Å². The van der Waals surface area contributed by atoms with Gasteiger partial charge in [0.1, 0.15) is 12.4 Å². The minimum absolute atomic E-state index is 0.0568. The van der Waals surface area contributed by atoms with E-state index in [-0.39, 0.29) is 18.2 Å². The molecule has 2 rings (SSSR count). The lowest BCUT2D eigenvalue weighted by molar-refractivity contribution is 0.0307. The number of hydrazine groups is 1. The zero-order chi connectivity index (χ0) is 14.4. The molecule has 1 aliphatic heterocycles. The molecule has 0 amide bonds. The second-order valence-electron chi connectivity index (χ2n) is 5.09. The molecule has 5 heteroatoms. The van der Waals surface area contributed by atoms with Crippen molar-refractivity contribution in [2.45, 2.75) is 38.0 Å². The number of rotatable bonds is 7. The van der Waals surface area contributed by atoms with Crippen LogP contribution in [0.2, 0.25) is 0 Å². The third-order valence-electron chi connectivity index (χ3n) is 3.62. The molecule has 3 atom stereocenters. The van der Waals surface area contributed by atoms with E-state index in [9.17, 15) is 0 Å². The van der Waals surface area contributed by atoms with E-state index in [1.165, 1.54) is 0 Å². The Kier molecular flexibility index (Phi) is 5.79. The van der Waals surface area contributed by atoms with Gasteiger partial charge < -0.3 is 14.2 Å². The summed E-state index contributed by atoms with van der Waals surface area (Å²) in [7, 11) is 1.66. The number of ether oxygens (including phenoxy) is 3. The largest absolute Gasteiger partial charge is 0.491 e. The van der Waals surface area contributed by atoms with Crippen LogP contribution in [-0.2, 0) is 9.47 Å². The fraction of sp³-hybridized carbons (Fsp3) is 0.600. The summed E-state index contributed by atoms with van der Waals surface area (Å²) >= 11 is 0. The van der Waals surface area contributed by atoms with Crippen LogP contribution in [0.4, 0.5) is 0 Å². The van der Waals surface area contributed by atoms with E-state index < -0.39 is 0 Å². The van der Waals surface area contributed by atoms with E-state index in [2.05, 4.69) is 12.3 Å². The molecule has 3 N–H and O–H groups in total. The molecular formula is C15H24N2O3. The number of nitrogens with two attached hydrogens (primary N) is 1. The Morgan fingerprint density at radius 3 is 2.80 bits per heavy atom. The van der Waals surface area contributed by atoms with Gasteiger partial charge in [-0.1, -0.05) is 18.2 Å². The molecule has 1 saturated heterocycles. The van der Waals surface area contributed by atoms with Gasteiger partial charge in [-0.05, 0) is 25.8 Å². The molecule has 112 valence electrons. The van der Waals surface area contributed by atoms with Crippen LogP contribution in [0.5, 0.6) is 5.75 Å². The Morgan fingerprint density at radius 1 is 1.35 bits per heavy atom. The number of hydrogen-bond donors (Lipinski definition) is 2. The van der Waals surface area contributed by atoms with Crippen LogP contribution in [-0.4, -0.2) is 32.5 Å². The zero-order valence-electron chi connectivity index (χ0n) is 12.2. The molecule has 0 spiro atoms. The predicted molar refractivity (Wildman–Crippen MR) is 77.4 cm³/mol. The van der Waals surface area contributed by atoms with Crippen molar-refractivity contribution >= 4 is 0 Å². The molecule has 0 radical (unpaired) electrons. The molecule has 1 fully saturated rings.